The summed E-state index contributed by atoms with van der Waals surface area (Å²) in [7, 11) is 0. The topological polar surface area (TPSA) is 79.0 Å². The summed E-state index contributed by atoms with van der Waals surface area (Å²) >= 11 is 11.4. The number of carbonyl (C=O) groups is 1. The van der Waals surface area contributed by atoms with Crippen LogP contribution >= 0.6 is 23.8 Å². The number of H-pyrrole nitrogens is 1. The maximum absolute atomic E-state index is 12.2. The maximum atomic E-state index is 12.2. The SMILES string of the molecule is Cc1ccc(OCC(=O)NC(=S)Nc2ccc(-c3nc4cc(Cl)c(C)cc4[nH]3)cc2)cc1C. The van der Waals surface area contributed by atoms with Gasteiger partial charge in [-0.3, -0.25) is 10.1 Å². The Morgan fingerprint density at radius 2 is 1.79 bits per heavy atom. The summed E-state index contributed by atoms with van der Waals surface area (Å²) in [6, 6.07) is 17.1. The molecule has 1 amide bonds. The smallest absolute Gasteiger partial charge is 0.264 e. The van der Waals surface area contributed by atoms with Crippen molar-refractivity contribution in [1.29, 1.82) is 0 Å². The van der Waals surface area contributed by atoms with Crippen LogP contribution in [-0.2, 0) is 4.79 Å². The van der Waals surface area contributed by atoms with Crippen molar-refractivity contribution in [3.05, 3.63) is 76.3 Å². The molecule has 4 aromatic rings. The third kappa shape index (κ3) is 5.50. The van der Waals surface area contributed by atoms with Crippen LogP contribution in [0.25, 0.3) is 22.4 Å². The lowest BCUT2D eigenvalue weighted by Gasteiger charge is -2.11. The van der Waals surface area contributed by atoms with Gasteiger partial charge in [0.2, 0.25) is 0 Å². The first-order chi connectivity index (χ1) is 15.8. The first kappa shape index (κ1) is 22.8. The summed E-state index contributed by atoms with van der Waals surface area (Å²) in [5, 5.41) is 6.52. The molecule has 0 aliphatic carbocycles. The van der Waals surface area contributed by atoms with Crippen LogP contribution in [0.2, 0.25) is 5.02 Å². The molecule has 0 saturated carbocycles. The maximum Gasteiger partial charge on any atom is 0.264 e. The molecule has 33 heavy (non-hydrogen) atoms. The van der Waals surface area contributed by atoms with Gasteiger partial charge in [-0.15, -0.1) is 0 Å². The van der Waals surface area contributed by atoms with E-state index in [9.17, 15) is 4.79 Å². The van der Waals surface area contributed by atoms with Crippen molar-refractivity contribution in [2.75, 3.05) is 11.9 Å². The standard InChI is InChI=1S/C25H23ClN4O2S/c1-14-4-9-19(10-15(14)2)32-13-23(31)30-25(33)27-18-7-5-17(6-8-18)24-28-21-11-16(3)20(26)12-22(21)29-24/h4-12H,13H2,1-3H3,(H,28,29)(H2,27,30,31,33). The molecule has 1 heterocycles. The van der Waals surface area contributed by atoms with Crippen LogP contribution in [0, 0.1) is 20.8 Å². The number of hydrogen-bond acceptors (Lipinski definition) is 4. The lowest BCUT2D eigenvalue weighted by atomic mass is 10.1. The minimum atomic E-state index is -0.335. The molecule has 0 bridgehead atoms. The van der Waals surface area contributed by atoms with E-state index in [2.05, 4.69) is 20.6 Å². The fourth-order valence-electron chi connectivity index (χ4n) is 3.27. The lowest BCUT2D eigenvalue weighted by molar-refractivity contribution is -0.121. The van der Waals surface area contributed by atoms with Crippen LogP contribution in [0.4, 0.5) is 5.69 Å². The molecular weight excluding hydrogens is 456 g/mol. The predicted molar refractivity (Wildman–Crippen MR) is 137 cm³/mol. The highest BCUT2D eigenvalue weighted by Gasteiger charge is 2.09. The van der Waals surface area contributed by atoms with Crippen molar-refractivity contribution >= 4 is 51.6 Å². The summed E-state index contributed by atoms with van der Waals surface area (Å²) in [5.41, 5.74) is 6.68. The van der Waals surface area contributed by atoms with Crippen molar-refractivity contribution in [3.63, 3.8) is 0 Å². The van der Waals surface area contributed by atoms with E-state index in [4.69, 9.17) is 28.6 Å². The number of fused-ring (bicyclic) bond motifs is 1. The molecule has 0 spiro atoms. The largest absolute Gasteiger partial charge is 0.484 e. The normalized spacial score (nSPS) is 10.8. The molecule has 1 aromatic heterocycles. The number of ether oxygens (including phenoxy) is 1. The Morgan fingerprint density at radius 1 is 1.03 bits per heavy atom. The van der Waals surface area contributed by atoms with Crippen LogP contribution in [0.5, 0.6) is 5.75 Å². The first-order valence-corrected chi connectivity index (χ1v) is 11.1. The van der Waals surface area contributed by atoms with E-state index in [1.165, 1.54) is 5.56 Å². The molecule has 0 radical (unpaired) electrons. The van der Waals surface area contributed by atoms with Gasteiger partial charge in [-0.05, 0) is 98.2 Å². The summed E-state index contributed by atoms with van der Waals surface area (Å²) in [4.78, 5) is 20.1. The number of aromatic amines is 1. The second-order valence-corrected chi connectivity index (χ2v) is 8.63. The van der Waals surface area contributed by atoms with Gasteiger partial charge in [0.25, 0.3) is 5.91 Å². The van der Waals surface area contributed by atoms with E-state index in [0.29, 0.717) is 10.8 Å². The van der Waals surface area contributed by atoms with E-state index >= 15 is 0 Å². The molecule has 0 atom stereocenters. The monoisotopic (exact) mass is 478 g/mol. The average molecular weight is 479 g/mol. The summed E-state index contributed by atoms with van der Waals surface area (Å²) in [6.45, 7) is 5.85. The van der Waals surface area contributed by atoms with Crippen LogP contribution in [0.1, 0.15) is 16.7 Å². The van der Waals surface area contributed by atoms with Gasteiger partial charge in [0.05, 0.1) is 11.0 Å². The van der Waals surface area contributed by atoms with Gasteiger partial charge in [0.15, 0.2) is 11.7 Å². The van der Waals surface area contributed by atoms with Gasteiger partial charge < -0.3 is 15.0 Å². The summed E-state index contributed by atoms with van der Waals surface area (Å²) < 4.78 is 5.54. The molecule has 0 fully saturated rings. The molecular formula is C25H23ClN4O2S. The van der Waals surface area contributed by atoms with Gasteiger partial charge in [0.1, 0.15) is 11.6 Å². The van der Waals surface area contributed by atoms with Crippen LogP contribution < -0.4 is 15.4 Å². The second-order valence-electron chi connectivity index (χ2n) is 7.82. The summed E-state index contributed by atoms with van der Waals surface area (Å²) in [6.07, 6.45) is 0. The molecule has 0 saturated heterocycles. The van der Waals surface area contributed by atoms with Crippen molar-refractivity contribution in [2.24, 2.45) is 0 Å². The Morgan fingerprint density at radius 3 is 2.52 bits per heavy atom. The molecule has 168 valence electrons. The number of rotatable bonds is 5. The number of benzene rings is 3. The number of hydrogen-bond donors (Lipinski definition) is 3. The lowest BCUT2D eigenvalue weighted by Crippen LogP contribution is -2.37. The summed E-state index contributed by atoms with van der Waals surface area (Å²) in [5.74, 6) is 1.06. The van der Waals surface area contributed by atoms with Gasteiger partial charge in [0, 0.05) is 16.3 Å². The van der Waals surface area contributed by atoms with Crippen molar-refractivity contribution in [3.8, 4) is 17.1 Å². The number of aromatic nitrogens is 2. The number of aryl methyl sites for hydroxylation is 3. The second kappa shape index (κ2) is 9.60. The first-order valence-electron chi connectivity index (χ1n) is 10.4. The van der Waals surface area contributed by atoms with Gasteiger partial charge in [-0.1, -0.05) is 17.7 Å². The zero-order valence-corrected chi connectivity index (χ0v) is 20.0. The van der Waals surface area contributed by atoms with E-state index in [1.54, 1.807) is 0 Å². The number of halogens is 1. The van der Waals surface area contributed by atoms with Gasteiger partial charge >= 0.3 is 0 Å². The molecule has 0 unspecified atom stereocenters. The van der Waals surface area contributed by atoms with Crippen LogP contribution in [0.15, 0.2) is 54.6 Å². The molecule has 6 nitrogen and oxygen atoms in total. The Balaban J connectivity index is 1.33. The highest BCUT2D eigenvalue weighted by molar-refractivity contribution is 7.80. The van der Waals surface area contributed by atoms with Crippen LogP contribution in [-0.4, -0.2) is 27.6 Å². The molecule has 8 heteroatoms. The number of amides is 1. The number of nitrogens with one attached hydrogen (secondary N) is 3. The fraction of sp³-hybridized carbons (Fsp3) is 0.160. The minimum Gasteiger partial charge on any atom is -0.484 e. The number of carbonyl (C=O) groups excluding carboxylic acids is 1. The number of anilines is 1. The number of thiocarbonyl (C=S) groups is 1. The van der Waals surface area contributed by atoms with E-state index < -0.39 is 0 Å². The minimum absolute atomic E-state index is 0.126. The molecule has 4 rings (SSSR count). The molecule has 0 aliphatic rings. The van der Waals surface area contributed by atoms with Gasteiger partial charge in [-0.25, -0.2) is 4.98 Å². The third-order valence-electron chi connectivity index (χ3n) is 5.28. The highest BCUT2D eigenvalue weighted by Crippen LogP contribution is 2.26. The molecule has 0 aliphatic heterocycles. The highest BCUT2D eigenvalue weighted by atomic mass is 35.5. The van der Waals surface area contributed by atoms with E-state index in [1.807, 2.05) is 75.4 Å². The number of imidazole rings is 1. The zero-order valence-electron chi connectivity index (χ0n) is 18.5. The zero-order chi connectivity index (χ0) is 23.5. The van der Waals surface area contributed by atoms with E-state index in [0.717, 1.165) is 39.2 Å². The van der Waals surface area contributed by atoms with E-state index in [-0.39, 0.29) is 17.6 Å². The molecule has 3 aromatic carbocycles. The Labute approximate surface area is 202 Å². The van der Waals surface area contributed by atoms with Crippen molar-refractivity contribution in [2.45, 2.75) is 20.8 Å². The Kier molecular flexibility index (Phi) is 6.62. The average Bonchev–Trinajstić information content (AvgIpc) is 3.18. The number of nitrogens with zero attached hydrogens (tertiary/aromatic N) is 1. The fourth-order valence-corrected chi connectivity index (χ4v) is 3.65. The predicted octanol–water partition coefficient (Wildman–Crippen LogP) is 5.70. The van der Waals surface area contributed by atoms with Crippen LogP contribution in [0.3, 0.4) is 0 Å². The van der Waals surface area contributed by atoms with Crippen molar-refractivity contribution in [1.82, 2.24) is 15.3 Å². The Bertz CT molecular complexity index is 1310. The quantitative estimate of drug-likeness (QED) is 0.321. The van der Waals surface area contributed by atoms with Crippen molar-refractivity contribution < 1.29 is 9.53 Å². The Hall–Kier alpha value is -3.42. The third-order valence-corrected chi connectivity index (χ3v) is 5.89. The van der Waals surface area contributed by atoms with Gasteiger partial charge in [-0.2, -0.15) is 0 Å². The molecule has 3 N–H and O–H groups in total.